The van der Waals surface area contributed by atoms with Gasteiger partial charge in [-0.2, -0.15) is 0 Å². The van der Waals surface area contributed by atoms with Crippen LogP contribution in [0.25, 0.3) is 0 Å². The van der Waals surface area contributed by atoms with Crippen molar-refractivity contribution in [3.63, 3.8) is 0 Å². The number of rotatable bonds is 4. The largest absolute Gasteiger partial charge is 0.381 e. The minimum absolute atomic E-state index is 0. The lowest BCUT2D eigenvalue weighted by molar-refractivity contribution is 0.0531. The summed E-state index contributed by atoms with van der Waals surface area (Å²) in [5.41, 5.74) is 10.9. The van der Waals surface area contributed by atoms with E-state index >= 15 is 0 Å². The van der Waals surface area contributed by atoms with Gasteiger partial charge in [-0.25, -0.2) is 0 Å². The van der Waals surface area contributed by atoms with E-state index in [2.05, 4.69) is 72.7 Å². The highest BCUT2D eigenvalue weighted by molar-refractivity contribution is 14.0. The van der Waals surface area contributed by atoms with Gasteiger partial charge < -0.3 is 15.8 Å². The van der Waals surface area contributed by atoms with Crippen LogP contribution in [0.15, 0.2) is 53.5 Å². The second-order valence-electron chi connectivity index (χ2n) is 6.96. The standard InChI is InChI=1S/C21H27N3O.HI/c1-16-12-17(2)14-19(13-16)24-20(22)23-15-21(8-10-25-11-9-21)18-6-4-3-5-7-18;/h3-7,12-14H,8-11,15H2,1-2H3,(H3,22,23,24);1H. The summed E-state index contributed by atoms with van der Waals surface area (Å²) in [6.07, 6.45) is 1.94. The number of hydrogen-bond acceptors (Lipinski definition) is 2. The lowest BCUT2D eigenvalue weighted by Crippen LogP contribution is -2.38. The SMILES string of the molecule is Cc1cc(C)cc(NC(N)=NCC2(c3ccccc3)CCOCC2)c1.I. The van der Waals surface area contributed by atoms with Gasteiger partial charge in [0.15, 0.2) is 5.96 Å². The van der Waals surface area contributed by atoms with E-state index in [-0.39, 0.29) is 29.4 Å². The number of nitrogens with zero attached hydrogens (tertiary/aromatic N) is 1. The molecular weight excluding hydrogens is 437 g/mol. The van der Waals surface area contributed by atoms with Crippen molar-refractivity contribution >= 4 is 35.6 Å². The molecule has 0 saturated carbocycles. The van der Waals surface area contributed by atoms with Crippen molar-refractivity contribution in [2.45, 2.75) is 32.1 Å². The molecule has 1 heterocycles. The Bertz CT molecular complexity index is 720. The monoisotopic (exact) mass is 465 g/mol. The van der Waals surface area contributed by atoms with E-state index in [0.29, 0.717) is 12.5 Å². The highest BCUT2D eigenvalue weighted by atomic mass is 127. The first kappa shape index (κ1) is 20.7. The van der Waals surface area contributed by atoms with E-state index in [9.17, 15) is 0 Å². The van der Waals surface area contributed by atoms with E-state index in [1.165, 1.54) is 16.7 Å². The fraction of sp³-hybridized carbons (Fsp3) is 0.381. The molecule has 0 unspecified atom stereocenters. The van der Waals surface area contributed by atoms with Gasteiger partial charge in [-0.1, -0.05) is 36.4 Å². The molecule has 1 aliphatic rings. The molecule has 3 rings (SSSR count). The van der Waals surface area contributed by atoms with Crippen molar-refractivity contribution in [1.82, 2.24) is 0 Å². The first-order chi connectivity index (χ1) is 12.1. The lowest BCUT2D eigenvalue weighted by Gasteiger charge is -2.36. The van der Waals surface area contributed by atoms with Crippen molar-refractivity contribution in [3.05, 3.63) is 65.2 Å². The molecule has 2 aromatic carbocycles. The Morgan fingerprint density at radius 2 is 1.69 bits per heavy atom. The summed E-state index contributed by atoms with van der Waals surface area (Å²) >= 11 is 0. The third-order valence-corrected chi connectivity index (χ3v) is 4.88. The summed E-state index contributed by atoms with van der Waals surface area (Å²) in [5.74, 6) is 0.465. The molecule has 0 aromatic heterocycles. The molecule has 0 spiro atoms. The molecule has 0 radical (unpaired) electrons. The average molecular weight is 465 g/mol. The summed E-state index contributed by atoms with van der Waals surface area (Å²) in [7, 11) is 0. The maximum Gasteiger partial charge on any atom is 0.193 e. The number of guanidine groups is 1. The van der Waals surface area contributed by atoms with Crippen LogP contribution in [0.3, 0.4) is 0 Å². The van der Waals surface area contributed by atoms with E-state index in [4.69, 9.17) is 10.5 Å². The fourth-order valence-electron chi connectivity index (χ4n) is 3.56. The third-order valence-electron chi connectivity index (χ3n) is 4.88. The van der Waals surface area contributed by atoms with Crippen molar-refractivity contribution in [3.8, 4) is 0 Å². The van der Waals surface area contributed by atoms with Crippen LogP contribution in [-0.4, -0.2) is 25.7 Å². The molecule has 1 saturated heterocycles. The molecule has 0 amide bonds. The van der Waals surface area contributed by atoms with Crippen LogP contribution >= 0.6 is 24.0 Å². The van der Waals surface area contributed by atoms with Gasteiger partial charge in [0.25, 0.3) is 0 Å². The average Bonchev–Trinajstić information content (AvgIpc) is 2.61. The highest BCUT2D eigenvalue weighted by Crippen LogP contribution is 2.35. The summed E-state index contributed by atoms with van der Waals surface area (Å²) in [5, 5.41) is 3.23. The van der Waals surface area contributed by atoms with Crippen LogP contribution in [0, 0.1) is 13.8 Å². The van der Waals surface area contributed by atoms with Gasteiger partial charge in [0, 0.05) is 24.3 Å². The van der Waals surface area contributed by atoms with Crippen molar-refractivity contribution in [1.29, 1.82) is 0 Å². The first-order valence-electron chi connectivity index (χ1n) is 8.86. The fourth-order valence-corrected chi connectivity index (χ4v) is 3.56. The maximum atomic E-state index is 6.17. The van der Waals surface area contributed by atoms with Gasteiger partial charge in [0.05, 0.1) is 6.54 Å². The molecule has 0 atom stereocenters. The number of anilines is 1. The number of nitrogens with one attached hydrogen (secondary N) is 1. The number of halogens is 1. The van der Waals surface area contributed by atoms with Crippen molar-refractivity contribution in [2.75, 3.05) is 25.1 Å². The van der Waals surface area contributed by atoms with Gasteiger partial charge in [0.2, 0.25) is 0 Å². The molecule has 1 aliphatic heterocycles. The Morgan fingerprint density at radius 1 is 1.08 bits per heavy atom. The second kappa shape index (κ2) is 9.37. The van der Waals surface area contributed by atoms with Gasteiger partial charge in [-0.3, -0.25) is 4.99 Å². The van der Waals surface area contributed by atoms with Crippen molar-refractivity contribution in [2.24, 2.45) is 10.7 Å². The third kappa shape index (κ3) is 5.20. The van der Waals surface area contributed by atoms with Crippen LogP contribution in [0.4, 0.5) is 5.69 Å². The molecule has 0 bridgehead atoms. The van der Waals surface area contributed by atoms with Gasteiger partial charge in [-0.15, -0.1) is 24.0 Å². The van der Waals surface area contributed by atoms with Crippen molar-refractivity contribution < 1.29 is 4.74 Å². The number of nitrogens with two attached hydrogens (primary N) is 1. The van der Waals surface area contributed by atoms with Crippen LogP contribution in [0.1, 0.15) is 29.5 Å². The highest BCUT2D eigenvalue weighted by Gasteiger charge is 2.34. The van der Waals surface area contributed by atoms with Crippen LogP contribution in [0.5, 0.6) is 0 Å². The van der Waals surface area contributed by atoms with E-state index in [1.54, 1.807) is 0 Å². The topological polar surface area (TPSA) is 59.6 Å². The maximum absolute atomic E-state index is 6.17. The van der Waals surface area contributed by atoms with Gasteiger partial charge >= 0.3 is 0 Å². The molecule has 5 heteroatoms. The number of ether oxygens (including phenoxy) is 1. The summed E-state index contributed by atoms with van der Waals surface area (Å²) in [6.45, 7) is 6.38. The zero-order valence-electron chi connectivity index (χ0n) is 15.5. The van der Waals surface area contributed by atoms with E-state index < -0.39 is 0 Å². The van der Waals surface area contributed by atoms with Gasteiger partial charge in [0.1, 0.15) is 0 Å². The minimum atomic E-state index is 0. The quantitative estimate of drug-likeness (QED) is 0.400. The Hall–Kier alpha value is -1.60. The van der Waals surface area contributed by atoms with Crippen LogP contribution in [0.2, 0.25) is 0 Å². The Kier molecular flexibility index (Phi) is 7.46. The Morgan fingerprint density at radius 3 is 2.31 bits per heavy atom. The zero-order chi connectivity index (χ0) is 17.7. The van der Waals surface area contributed by atoms with E-state index in [0.717, 1.165) is 31.7 Å². The predicted octanol–water partition coefficient (Wildman–Crippen LogP) is 4.40. The Labute approximate surface area is 173 Å². The molecular formula is C21H28IN3O. The first-order valence-corrected chi connectivity index (χ1v) is 8.86. The number of benzene rings is 2. The number of hydrogen-bond donors (Lipinski definition) is 2. The second-order valence-corrected chi connectivity index (χ2v) is 6.96. The Balaban J connectivity index is 0.00000243. The predicted molar refractivity (Wildman–Crippen MR) is 120 cm³/mol. The summed E-state index contributed by atoms with van der Waals surface area (Å²) < 4.78 is 5.58. The van der Waals surface area contributed by atoms with E-state index in [1.807, 2.05) is 0 Å². The smallest absolute Gasteiger partial charge is 0.193 e. The van der Waals surface area contributed by atoms with Gasteiger partial charge in [-0.05, 0) is 55.5 Å². The molecule has 140 valence electrons. The molecule has 1 fully saturated rings. The normalized spacial score (nSPS) is 16.6. The number of aliphatic imine (C=N–C) groups is 1. The molecule has 0 aliphatic carbocycles. The molecule has 2 aromatic rings. The zero-order valence-corrected chi connectivity index (χ0v) is 17.8. The molecule has 4 nitrogen and oxygen atoms in total. The molecule has 3 N–H and O–H groups in total. The van der Waals surface area contributed by atoms with Crippen LogP contribution in [-0.2, 0) is 10.2 Å². The minimum Gasteiger partial charge on any atom is -0.381 e. The summed E-state index contributed by atoms with van der Waals surface area (Å²) in [4.78, 5) is 4.68. The van der Waals surface area contributed by atoms with Crippen LogP contribution < -0.4 is 11.1 Å². The summed E-state index contributed by atoms with van der Waals surface area (Å²) in [6, 6.07) is 16.9. The number of aryl methyl sites for hydroxylation is 2. The lowest BCUT2D eigenvalue weighted by atomic mass is 9.74. The molecule has 26 heavy (non-hydrogen) atoms.